The second-order valence-corrected chi connectivity index (χ2v) is 4.60. The average Bonchev–Trinajstić information content (AvgIpc) is 2.18. The van der Waals surface area contributed by atoms with Gasteiger partial charge in [-0.25, -0.2) is 9.68 Å². The van der Waals surface area contributed by atoms with Crippen LogP contribution in [0.3, 0.4) is 0 Å². The van der Waals surface area contributed by atoms with Gasteiger partial charge in [0.15, 0.2) is 0 Å². The summed E-state index contributed by atoms with van der Waals surface area (Å²) < 4.78 is 5.10. The molecular weight excluding hydrogens is 222 g/mol. The predicted molar refractivity (Wildman–Crippen MR) is 63.7 cm³/mol. The molecule has 0 aliphatic carbocycles. The van der Waals surface area contributed by atoms with E-state index >= 15 is 0 Å². The summed E-state index contributed by atoms with van der Waals surface area (Å²) in [6, 6.07) is 6.89. The molecule has 5 nitrogen and oxygen atoms in total. The summed E-state index contributed by atoms with van der Waals surface area (Å²) in [5.41, 5.74) is 0.914. The van der Waals surface area contributed by atoms with Gasteiger partial charge in [0.25, 0.3) is 0 Å². The van der Waals surface area contributed by atoms with Crippen molar-refractivity contribution in [3.05, 3.63) is 29.8 Å². The van der Waals surface area contributed by atoms with Gasteiger partial charge >= 0.3 is 6.09 Å². The van der Waals surface area contributed by atoms with Gasteiger partial charge in [0.1, 0.15) is 12.2 Å². The fourth-order valence-electron chi connectivity index (χ4n) is 1.18. The molecular formula is C12H17NO4. The molecule has 1 rings (SSSR count). The standard InChI is InChI=1S/C12H17NO4/c1-12(2,3)17-11(14)13-10-6-4-9(5-7-10)8-16-15/h4-7,15H,8H2,1-3H3,(H,13,14). The van der Waals surface area contributed by atoms with E-state index in [2.05, 4.69) is 10.2 Å². The molecule has 1 aromatic carbocycles. The fourth-order valence-corrected chi connectivity index (χ4v) is 1.18. The van der Waals surface area contributed by atoms with Crippen LogP contribution in [0.1, 0.15) is 26.3 Å². The Bertz CT molecular complexity index is 367. The Morgan fingerprint density at radius 2 is 1.88 bits per heavy atom. The maximum absolute atomic E-state index is 11.4. The zero-order valence-electron chi connectivity index (χ0n) is 10.2. The zero-order chi connectivity index (χ0) is 12.9. The normalized spacial score (nSPS) is 11.1. The third-order valence-electron chi connectivity index (χ3n) is 1.83. The lowest BCUT2D eigenvalue weighted by Crippen LogP contribution is -2.27. The van der Waals surface area contributed by atoms with Crippen LogP contribution in [0.5, 0.6) is 0 Å². The van der Waals surface area contributed by atoms with Gasteiger partial charge in [0.05, 0.1) is 0 Å². The van der Waals surface area contributed by atoms with Crippen LogP contribution in [0.4, 0.5) is 10.5 Å². The minimum Gasteiger partial charge on any atom is -0.444 e. The first-order valence-electron chi connectivity index (χ1n) is 5.26. The minimum absolute atomic E-state index is 0.118. The largest absolute Gasteiger partial charge is 0.444 e. The highest BCUT2D eigenvalue weighted by atomic mass is 17.1. The monoisotopic (exact) mass is 239 g/mol. The molecule has 0 atom stereocenters. The number of hydrogen-bond donors (Lipinski definition) is 2. The van der Waals surface area contributed by atoms with Crippen molar-refractivity contribution in [2.45, 2.75) is 33.0 Å². The number of ether oxygens (including phenoxy) is 1. The van der Waals surface area contributed by atoms with Gasteiger partial charge in [-0.1, -0.05) is 12.1 Å². The SMILES string of the molecule is CC(C)(C)OC(=O)Nc1ccc(COO)cc1. The van der Waals surface area contributed by atoms with E-state index in [1.165, 1.54) is 0 Å². The summed E-state index contributed by atoms with van der Waals surface area (Å²) in [6.07, 6.45) is -0.497. The van der Waals surface area contributed by atoms with E-state index in [1.54, 1.807) is 45.0 Å². The molecule has 0 aliphatic rings. The molecule has 94 valence electrons. The Balaban J connectivity index is 2.54. The summed E-state index contributed by atoms with van der Waals surface area (Å²) >= 11 is 0. The number of carbonyl (C=O) groups excluding carboxylic acids is 1. The lowest BCUT2D eigenvalue weighted by molar-refractivity contribution is -0.253. The molecule has 17 heavy (non-hydrogen) atoms. The number of amides is 1. The van der Waals surface area contributed by atoms with Crippen LogP contribution in [-0.4, -0.2) is 17.0 Å². The predicted octanol–water partition coefficient (Wildman–Crippen LogP) is 3.02. The van der Waals surface area contributed by atoms with Crippen molar-refractivity contribution in [3.63, 3.8) is 0 Å². The van der Waals surface area contributed by atoms with E-state index < -0.39 is 11.7 Å². The molecule has 1 aromatic rings. The molecule has 2 N–H and O–H groups in total. The van der Waals surface area contributed by atoms with Crippen molar-refractivity contribution >= 4 is 11.8 Å². The first-order valence-corrected chi connectivity index (χ1v) is 5.26. The minimum atomic E-state index is -0.519. The van der Waals surface area contributed by atoms with E-state index in [0.717, 1.165) is 5.56 Å². The third kappa shape index (κ3) is 5.33. The highest BCUT2D eigenvalue weighted by molar-refractivity contribution is 5.84. The Labute approximate surface area is 100 Å². The van der Waals surface area contributed by atoms with Gasteiger partial charge in [-0.05, 0) is 38.5 Å². The number of anilines is 1. The van der Waals surface area contributed by atoms with Crippen LogP contribution >= 0.6 is 0 Å². The van der Waals surface area contributed by atoms with Crippen molar-refractivity contribution in [1.82, 2.24) is 0 Å². The summed E-state index contributed by atoms with van der Waals surface area (Å²) in [7, 11) is 0. The molecule has 0 saturated heterocycles. The van der Waals surface area contributed by atoms with E-state index in [-0.39, 0.29) is 6.61 Å². The highest BCUT2D eigenvalue weighted by Gasteiger charge is 2.15. The van der Waals surface area contributed by atoms with Crippen molar-refractivity contribution < 1.29 is 19.7 Å². The number of rotatable bonds is 3. The number of benzene rings is 1. The second-order valence-electron chi connectivity index (χ2n) is 4.60. The molecule has 0 bridgehead atoms. The van der Waals surface area contributed by atoms with Crippen molar-refractivity contribution in [1.29, 1.82) is 0 Å². The summed E-state index contributed by atoms with van der Waals surface area (Å²) in [6.45, 7) is 5.52. The van der Waals surface area contributed by atoms with Crippen LogP contribution in [0.25, 0.3) is 0 Å². The second kappa shape index (κ2) is 5.65. The van der Waals surface area contributed by atoms with E-state index in [9.17, 15) is 4.79 Å². The van der Waals surface area contributed by atoms with Gasteiger partial charge in [-0.15, -0.1) is 0 Å². The van der Waals surface area contributed by atoms with Crippen molar-refractivity contribution in [3.8, 4) is 0 Å². The van der Waals surface area contributed by atoms with Crippen LogP contribution < -0.4 is 5.32 Å². The zero-order valence-corrected chi connectivity index (χ0v) is 10.2. The molecule has 5 heteroatoms. The summed E-state index contributed by atoms with van der Waals surface area (Å²) in [5.74, 6) is 0. The molecule has 0 saturated carbocycles. The van der Waals surface area contributed by atoms with Crippen LogP contribution in [0.2, 0.25) is 0 Å². The van der Waals surface area contributed by atoms with E-state index in [0.29, 0.717) is 5.69 Å². The van der Waals surface area contributed by atoms with Gasteiger partial charge in [0, 0.05) is 5.69 Å². The lowest BCUT2D eigenvalue weighted by Gasteiger charge is -2.19. The Morgan fingerprint density at radius 3 is 2.35 bits per heavy atom. The summed E-state index contributed by atoms with van der Waals surface area (Å²) in [4.78, 5) is 15.4. The van der Waals surface area contributed by atoms with Gasteiger partial charge in [-0.3, -0.25) is 10.6 Å². The molecule has 0 aliphatic heterocycles. The van der Waals surface area contributed by atoms with Gasteiger partial charge in [-0.2, -0.15) is 0 Å². The molecule has 0 spiro atoms. The lowest BCUT2D eigenvalue weighted by atomic mass is 10.2. The van der Waals surface area contributed by atoms with Crippen molar-refractivity contribution in [2.75, 3.05) is 5.32 Å². The Morgan fingerprint density at radius 1 is 1.29 bits per heavy atom. The first kappa shape index (κ1) is 13.5. The molecule has 0 aromatic heterocycles. The summed E-state index contributed by atoms with van der Waals surface area (Å²) in [5, 5.41) is 10.9. The molecule has 1 amide bonds. The molecule has 0 heterocycles. The smallest absolute Gasteiger partial charge is 0.412 e. The van der Waals surface area contributed by atoms with Crippen molar-refractivity contribution in [2.24, 2.45) is 0 Å². The fraction of sp³-hybridized carbons (Fsp3) is 0.417. The van der Waals surface area contributed by atoms with Gasteiger partial charge in [0.2, 0.25) is 0 Å². The Kier molecular flexibility index (Phi) is 4.48. The maximum Gasteiger partial charge on any atom is 0.412 e. The Hall–Kier alpha value is -1.59. The quantitative estimate of drug-likeness (QED) is 0.628. The van der Waals surface area contributed by atoms with E-state index in [1.807, 2.05) is 0 Å². The van der Waals surface area contributed by atoms with Crippen LogP contribution in [0, 0.1) is 0 Å². The molecule has 0 radical (unpaired) electrons. The number of hydrogen-bond acceptors (Lipinski definition) is 4. The van der Waals surface area contributed by atoms with Gasteiger partial charge < -0.3 is 4.74 Å². The molecule has 0 unspecified atom stereocenters. The highest BCUT2D eigenvalue weighted by Crippen LogP contribution is 2.13. The molecule has 0 fully saturated rings. The topological polar surface area (TPSA) is 67.8 Å². The first-order chi connectivity index (χ1) is 7.90. The average molecular weight is 239 g/mol. The number of nitrogens with one attached hydrogen (secondary N) is 1. The number of carbonyl (C=O) groups is 1. The maximum atomic E-state index is 11.4. The van der Waals surface area contributed by atoms with Crippen LogP contribution in [0.15, 0.2) is 24.3 Å². The van der Waals surface area contributed by atoms with Crippen LogP contribution in [-0.2, 0) is 16.2 Å². The van der Waals surface area contributed by atoms with E-state index in [4.69, 9.17) is 9.99 Å². The third-order valence-corrected chi connectivity index (χ3v) is 1.83.